The largest absolute Gasteiger partial charge is 0.330 e. The number of rotatable bonds is 6. The van der Waals surface area contributed by atoms with Crippen molar-refractivity contribution in [2.45, 2.75) is 39.0 Å². The van der Waals surface area contributed by atoms with Gasteiger partial charge < -0.3 is 5.73 Å². The number of sulfonamides is 1. The van der Waals surface area contributed by atoms with Crippen LogP contribution in [0.4, 0.5) is 0 Å². The molecule has 1 saturated carbocycles. The molecule has 0 aromatic heterocycles. The molecule has 0 bridgehead atoms. The zero-order valence-corrected chi connectivity index (χ0v) is 10.3. The highest BCUT2D eigenvalue weighted by Crippen LogP contribution is 2.36. The second-order valence-corrected chi connectivity index (χ2v) is 6.48. The zero-order chi connectivity index (χ0) is 11.4. The Labute approximate surface area is 92.7 Å². The lowest BCUT2D eigenvalue weighted by molar-refractivity contribution is 0.309. The average Bonchev–Trinajstić information content (AvgIpc) is 2.64. The summed E-state index contributed by atoms with van der Waals surface area (Å²) >= 11 is 0. The van der Waals surface area contributed by atoms with Crippen LogP contribution in [0, 0.1) is 5.41 Å². The predicted molar refractivity (Wildman–Crippen MR) is 62.0 cm³/mol. The minimum atomic E-state index is -3.07. The minimum Gasteiger partial charge on any atom is -0.330 e. The number of nitrogens with one attached hydrogen (secondary N) is 1. The molecule has 1 fully saturated rings. The fourth-order valence-electron chi connectivity index (χ4n) is 2.18. The Morgan fingerprint density at radius 1 is 1.33 bits per heavy atom. The van der Waals surface area contributed by atoms with Crippen LogP contribution in [0.1, 0.15) is 39.0 Å². The number of hydrogen-bond donors (Lipinski definition) is 2. The third-order valence-electron chi connectivity index (χ3n) is 3.24. The second-order valence-electron chi connectivity index (χ2n) is 4.55. The summed E-state index contributed by atoms with van der Waals surface area (Å²) < 4.78 is 25.7. The Morgan fingerprint density at radius 3 is 2.40 bits per heavy atom. The van der Waals surface area contributed by atoms with E-state index in [1.165, 1.54) is 12.8 Å². The first-order valence-electron chi connectivity index (χ1n) is 5.71. The van der Waals surface area contributed by atoms with Gasteiger partial charge in [0.15, 0.2) is 0 Å². The van der Waals surface area contributed by atoms with Crippen LogP contribution in [0.2, 0.25) is 0 Å². The summed E-state index contributed by atoms with van der Waals surface area (Å²) in [5.74, 6) is 0.216. The monoisotopic (exact) mass is 234 g/mol. The Hall–Kier alpha value is -0.130. The zero-order valence-electron chi connectivity index (χ0n) is 9.46. The summed E-state index contributed by atoms with van der Waals surface area (Å²) in [5, 5.41) is 0. The molecule has 4 nitrogen and oxygen atoms in total. The Bertz CT molecular complexity index is 282. The van der Waals surface area contributed by atoms with Gasteiger partial charge in [0.05, 0.1) is 5.75 Å². The molecule has 0 aromatic rings. The molecule has 3 N–H and O–H groups in total. The lowest BCUT2D eigenvalue weighted by atomic mass is 9.87. The molecule has 1 aliphatic rings. The van der Waals surface area contributed by atoms with Gasteiger partial charge in [-0.05, 0) is 31.2 Å². The molecule has 0 amide bonds. The Balaban J connectivity index is 2.47. The summed E-state index contributed by atoms with van der Waals surface area (Å²) in [7, 11) is -3.07. The summed E-state index contributed by atoms with van der Waals surface area (Å²) in [6.07, 6.45) is 5.11. The predicted octanol–water partition coefficient (Wildman–Crippen LogP) is 0.835. The van der Waals surface area contributed by atoms with Gasteiger partial charge in [-0.15, -0.1) is 0 Å². The van der Waals surface area contributed by atoms with Gasteiger partial charge in [0, 0.05) is 6.54 Å². The Morgan fingerprint density at radius 2 is 1.93 bits per heavy atom. The van der Waals surface area contributed by atoms with Crippen molar-refractivity contribution in [1.29, 1.82) is 0 Å². The van der Waals surface area contributed by atoms with E-state index in [1.807, 2.05) is 6.92 Å². The van der Waals surface area contributed by atoms with E-state index in [-0.39, 0.29) is 11.2 Å². The van der Waals surface area contributed by atoms with Crippen molar-refractivity contribution in [3.63, 3.8) is 0 Å². The van der Waals surface area contributed by atoms with Crippen LogP contribution in [0.15, 0.2) is 0 Å². The topological polar surface area (TPSA) is 72.2 Å². The fourth-order valence-corrected chi connectivity index (χ4v) is 3.39. The minimum absolute atomic E-state index is 0.0286. The fraction of sp³-hybridized carbons (Fsp3) is 1.00. The van der Waals surface area contributed by atoms with E-state index in [2.05, 4.69) is 4.72 Å². The van der Waals surface area contributed by atoms with Gasteiger partial charge in [0.25, 0.3) is 0 Å². The van der Waals surface area contributed by atoms with Crippen LogP contribution in [-0.4, -0.2) is 27.3 Å². The first-order valence-corrected chi connectivity index (χ1v) is 7.36. The van der Waals surface area contributed by atoms with Crippen LogP contribution < -0.4 is 10.5 Å². The molecule has 0 unspecified atom stereocenters. The smallest absolute Gasteiger partial charge is 0.211 e. The van der Waals surface area contributed by atoms with Crippen LogP contribution in [-0.2, 0) is 10.0 Å². The lowest BCUT2D eigenvalue weighted by Gasteiger charge is -2.27. The molecule has 0 atom stereocenters. The molecule has 0 saturated heterocycles. The van der Waals surface area contributed by atoms with Gasteiger partial charge in [-0.2, -0.15) is 0 Å². The molecule has 0 heterocycles. The molecular formula is C10H22N2O2S. The summed E-state index contributed by atoms with van der Waals surface area (Å²) in [6.45, 7) is 2.97. The van der Waals surface area contributed by atoms with E-state index in [1.54, 1.807) is 0 Å². The summed E-state index contributed by atoms with van der Waals surface area (Å²) in [5.41, 5.74) is 5.77. The lowest BCUT2D eigenvalue weighted by Crippen LogP contribution is -2.41. The molecule has 90 valence electrons. The second kappa shape index (κ2) is 5.27. The number of hydrogen-bond acceptors (Lipinski definition) is 3. The van der Waals surface area contributed by atoms with Crippen molar-refractivity contribution in [1.82, 2.24) is 4.72 Å². The van der Waals surface area contributed by atoms with Gasteiger partial charge in [0.2, 0.25) is 10.0 Å². The first-order chi connectivity index (χ1) is 7.04. The maximum atomic E-state index is 11.5. The molecule has 0 spiro atoms. The van der Waals surface area contributed by atoms with Crippen LogP contribution in [0.3, 0.4) is 0 Å². The van der Waals surface area contributed by atoms with Gasteiger partial charge in [-0.1, -0.05) is 19.8 Å². The highest BCUT2D eigenvalue weighted by Gasteiger charge is 2.33. The van der Waals surface area contributed by atoms with E-state index < -0.39 is 10.0 Å². The first kappa shape index (κ1) is 12.9. The Kier molecular flexibility index (Phi) is 4.55. The summed E-state index contributed by atoms with van der Waals surface area (Å²) in [6, 6.07) is 0. The molecule has 1 aliphatic carbocycles. The maximum absolute atomic E-state index is 11.5. The van der Waals surface area contributed by atoms with Gasteiger partial charge in [0.1, 0.15) is 0 Å². The SMILES string of the molecule is CCCS(=O)(=O)NCC1(CN)CCCC1. The van der Waals surface area contributed by atoms with Crippen molar-refractivity contribution in [2.75, 3.05) is 18.8 Å². The molecule has 0 aliphatic heterocycles. The van der Waals surface area contributed by atoms with Crippen LogP contribution >= 0.6 is 0 Å². The molecule has 0 radical (unpaired) electrons. The van der Waals surface area contributed by atoms with Crippen molar-refractivity contribution in [3.8, 4) is 0 Å². The normalized spacial score (nSPS) is 20.7. The van der Waals surface area contributed by atoms with Gasteiger partial charge in [-0.25, -0.2) is 13.1 Å². The molecule has 15 heavy (non-hydrogen) atoms. The van der Waals surface area contributed by atoms with Gasteiger partial charge in [-0.3, -0.25) is 0 Å². The molecule has 5 heteroatoms. The highest BCUT2D eigenvalue weighted by molar-refractivity contribution is 7.89. The molecular weight excluding hydrogens is 212 g/mol. The van der Waals surface area contributed by atoms with E-state index >= 15 is 0 Å². The van der Waals surface area contributed by atoms with Crippen molar-refractivity contribution in [2.24, 2.45) is 11.1 Å². The van der Waals surface area contributed by atoms with Crippen molar-refractivity contribution in [3.05, 3.63) is 0 Å². The van der Waals surface area contributed by atoms with Gasteiger partial charge >= 0.3 is 0 Å². The standard InChI is InChI=1S/C10H22N2O2S/c1-2-7-15(13,14)12-9-10(8-11)5-3-4-6-10/h12H,2-9,11H2,1H3. The average molecular weight is 234 g/mol. The van der Waals surface area contributed by atoms with Crippen molar-refractivity contribution >= 4 is 10.0 Å². The highest BCUT2D eigenvalue weighted by atomic mass is 32.2. The molecule has 1 rings (SSSR count). The third kappa shape index (κ3) is 3.74. The third-order valence-corrected chi connectivity index (χ3v) is 4.77. The maximum Gasteiger partial charge on any atom is 0.211 e. The molecule has 0 aromatic carbocycles. The van der Waals surface area contributed by atoms with E-state index in [0.717, 1.165) is 12.8 Å². The van der Waals surface area contributed by atoms with E-state index in [9.17, 15) is 8.42 Å². The van der Waals surface area contributed by atoms with E-state index in [0.29, 0.717) is 19.5 Å². The van der Waals surface area contributed by atoms with E-state index in [4.69, 9.17) is 5.73 Å². The number of nitrogens with two attached hydrogens (primary N) is 1. The van der Waals surface area contributed by atoms with Crippen LogP contribution in [0.25, 0.3) is 0 Å². The van der Waals surface area contributed by atoms with Crippen molar-refractivity contribution < 1.29 is 8.42 Å². The van der Waals surface area contributed by atoms with Crippen LogP contribution in [0.5, 0.6) is 0 Å². The summed E-state index contributed by atoms with van der Waals surface area (Å²) in [4.78, 5) is 0. The quantitative estimate of drug-likeness (QED) is 0.715.